The van der Waals surface area contributed by atoms with Gasteiger partial charge in [0.05, 0.1) is 0 Å². The highest BCUT2D eigenvalue weighted by atomic mass is 32.2. The van der Waals surface area contributed by atoms with Crippen molar-refractivity contribution in [2.45, 2.75) is 25.8 Å². The van der Waals surface area contributed by atoms with Crippen LogP contribution in [0.3, 0.4) is 0 Å². The monoisotopic (exact) mass is 268 g/mol. The molecule has 1 aromatic heterocycles. The second-order valence-electron chi connectivity index (χ2n) is 4.14. The fourth-order valence-electron chi connectivity index (χ4n) is 1.80. The van der Waals surface area contributed by atoms with Crippen molar-refractivity contribution in [1.82, 2.24) is 9.97 Å². The highest BCUT2D eigenvalue weighted by Crippen LogP contribution is 2.19. The molecule has 0 aliphatic carbocycles. The minimum absolute atomic E-state index is 0.316. The van der Waals surface area contributed by atoms with E-state index >= 15 is 0 Å². The number of nitrogens with zero attached hydrogens (tertiary/aromatic N) is 2. The van der Waals surface area contributed by atoms with E-state index in [1.807, 2.05) is 24.8 Å². The minimum atomic E-state index is 0.316. The third-order valence-electron chi connectivity index (χ3n) is 2.60. The smallest absolute Gasteiger partial charge is 0.223 e. The van der Waals surface area contributed by atoms with Crippen molar-refractivity contribution in [1.29, 1.82) is 0 Å². The topological polar surface area (TPSA) is 63.8 Å². The van der Waals surface area contributed by atoms with Crippen LogP contribution in [0.2, 0.25) is 0 Å². The number of aryl methyl sites for hydroxylation is 1. The maximum absolute atomic E-state index is 5.59. The fraction of sp³-hybridized carbons (Fsp3) is 0.545. The summed E-state index contributed by atoms with van der Waals surface area (Å²) in [6, 6.07) is 2.26. The Balaban J connectivity index is 2.11. The maximum atomic E-state index is 5.59. The van der Waals surface area contributed by atoms with Gasteiger partial charge in [-0.15, -0.1) is 0 Å². The van der Waals surface area contributed by atoms with Crippen LogP contribution < -0.4 is 11.1 Å². The van der Waals surface area contributed by atoms with Gasteiger partial charge < -0.3 is 11.1 Å². The zero-order chi connectivity index (χ0) is 12.3. The lowest BCUT2D eigenvalue weighted by atomic mass is 10.2. The Morgan fingerprint density at radius 3 is 3.06 bits per heavy atom. The number of anilines is 1. The van der Waals surface area contributed by atoms with E-state index in [1.165, 1.54) is 18.6 Å². The molecule has 1 aliphatic heterocycles. The lowest BCUT2D eigenvalue weighted by molar-refractivity contribution is 0.678. The van der Waals surface area contributed by atoms with Gasteiger partial charge in [-0.2, -0.15) is 11.8 Å². The van der Waals surface area contributed by atoms with Gasteiger partial charge in [0.2, 0.25) is 5.95 Å². The molecule has 0 saturated carbocycles. The van der Waals surface area contributed by atoms with Crippen LogP contribution in [0.15, 0.2) is 6.07 Å². The Hall–Kier alpha value is -0.880. The number of rotatable bonds is 3. The Bertz CT molecular complexity index is 416. The molecule has 92 valence electrons. The third kappa shape index (κ3) is 3.54. The summed E-state index contributed by atoms with van der Waals surface area (Å²) >= 11 is 6.91. The van der Waals surface area contributed by atoms with Crippen LogP contribution in [0.25, 0.3) is 0 Å². The second-order valence-corrected chi connectivity index (χ2v) is 5.73. The van der Waals surface area contributed by atoms with E-state index in [1.54, 1.807) is 0 Å². The molecule has 2 rings (SSSR count). The van der Waals surface area contributed by atoms with Gasteiger partial charge in [0.1, 0.15) is 10.7 Å². The summed E-state index contributed by atoms with van der Waals surface area (Å²) in [5.41, 5.74) is 7.11. The molecule has 1 aromatic rings. The molecular weight excluding hydrogens is 252 g/mol. The summed E-state index contributed by atoms with van der Waals surface area (Å²) < 4.78 is 0. The average molecular weight is 268 g/mol. The van der Waals surface area contributed by atoms with Crippen molar-refractivity contribution in [2.75, 3.05) is 16.8 Å². The van der Waals surface area contributed by atoms with Crippen LogP contribution in [-0.2, 0) is 0 Å². The molecule has 2 heterocycles. The van der Waals surface area contributed by atoms with E-state index in [-0.39, 0.29) is 0 Å². The minimum Gasteiger partial charge on any atom is -0.388 e. The third-order valence-corrected chi connectivity index (χ3v) is 4.02. The van der Waals surface area contributed by atoms with Crippen molar-refractivity contribution in [3.05, 3.63) is 17.5 Å². The Kier molecular flexibility index (Phi) is 4.17. The Morgan fingerprint density at radius 1 is 1.59 bits per heavy atom. The van der Waals surface area contributed by atoms with Gasteiger partial charge in [0.15, 0.2) is 0 Å². The zero-order valence-corrected chi connectivity index (χ0v) is 11.4. The van der Waals surface area contributed by atoms with Crippen molar-refractivity contribution in [3.63, 3.8) is 0 Å². The highest BCUT2D eigenvalue weighted by molar-refractivity contribution is 7.99. The lowest BCUT2D eigenvalue weighted by Gasteiger charge is -2.22. The molecule has 17 heavy (non-hydrogen) atoms. The summed E-state index contributed by atoms with van der Waals surface area (Å²) in [7, 11) is 0. The largest absolute Gasteiger partial charge is 0.388 e. The summed E-state index contributed by atoms with van der Waals surface area (Å²) in [5.74, 6) is 3.00. The summed E-state index contributed by atoms with van der Waals surface area (Å²) in [5, 5.41) is 3.36. The van der Waals surface area contributed by atoms with Crippen LogP contribution >= 0.6 is 24.0 Å². The van der Waals surface area contributed by atoms with Gasteiger partial charge in [-0.25, -0.2) is 9.97 Å². The molecule has 6 heteroatoms. The van der Waals surface area contributed by atoms with Crippen LogP contribution in [0.4, 0.5) is 5.95 Å². The zero-order valence-electron chi connectivity index (χ0n) is 9.77. The van der Waals surface area contributed by atoms with Gasteiger partial charge in [-0.3, -0.25) is 0 Å². The number of nitrogens with one attached hydrogen (secondary N) is 1. The fourth-order valence-corrected chi connectivity index (χ4v) is 2.97. The predicted molar refractivity (Wildman–Crippen MR) is 76.6 cm³/mol. The molecule has 1 atom stereocenters. The van der Waals surface area contributed by atoms with Crippen LogP contribution in [0.1, 0.15) is 24.2 Å². The van der Waals surface area contributed by atoms with Crippen LogP contribution in [-0.4, -0.2) is 32.5 Å². The highest BCUT2D eigenvalue weighted by Gasteiger charge is 2.15. The van der Waals surface area contributed by atoms with Crippen molar-refractivity contribution < 1.29 is 0 Å². The lowest BCUT2D eigenvalue weighted by Crippen LogP contribution is -2.27. The van der Waals surface area contributed by atoms with E-state index in [9.17, 15) is 0 Å². The van der Waals surface area contributed by atoms with Gasteiger partial charge in [-0.05, 0) is 31.6 Å². The second kappa shape index (κ2) is 5.64. The number of aromatic nitrogens is 2. The SMILES string of the molecule is Cc1cc(C(N)=S)nc(NC2CCCSC2)n1. The molecule has 1 unspecified atom stereocenters. The van der Waals surface area contributed by atoms with E-state index in [0.717, 1.165) is 11.4 Å². The summed E-state index contributed by atoms with van der Waals surface area (Å²) in [6.07, 6.45) is 2.42. The molecule has 4 nitrogen and oxygen atoms in total. The molecule has 1 fully saturated rings. The number of hydrogen-bond donors (Lipinski definition) is 2. The first-order valence-corrected chi connectivity index (χ1v) is 7.21. The van der Waals surface area contributed by atoms with E-state index in [2.05, 4.69) is 15.3 Å². The molecular formula is C11H16N4S2. The standard InChI is InChI=1S/C11H16N4S2/c1-7-5-9(10(12)16)15-11(13-7)14-8-3-2-4-17-6-8/h5,8H,2-4,6H2,1H3,(H2,12,16)(H,13,14,15). The first kappa shape index (κ1) is 12.6. The normalized spacial score (nSPS) is 19.9. The van der Waals surface area contributed by atoms with Gasteiger partial charge in [-0.1, -0.05) is 12.2 Å². The molecule has 0 aromatic carbocycles. The number of thioether (sulfide) groups is 1. The first-order chi connectivity index (χ1) is 8.15. The van der Waals surface area contributed by atoms with E-state index in [4.69, 9.17) is 18.0 Å². The average Bonchev–Trinajstić information content (AvgIpc) is 2.29. The quantitative estimate of drug-likeness (QED) is 0.814. The number of thiocarbonyl (C=S) groups is 1. The van der Waals surface area contributed by atoms with Gasteiger partial charge in [0, 0.05) is 17.5 Å². The van der Waals surface area contributed by atoms with Crippen molar-refractivity contribution in [2.24, 2.45) is 5.73 Å². The molecule has 1 saturated heterocycles. The molecule has 0 radical (unpaired) electrons. The predicted octanol–water partition coefficient (Wildman–Crippen LogP) is 1.73. The van der Waals surface area contributed by atoms with Crippen molar-refractivity contribution >= 4 is 34.9 Å². The first-order valence-electron chi connectivity index (χ1n) is 5.65. The van der Waals surface area contributed by atoms with Crippen molar-refractivity contribution in [3.8, 4) is 0 Å². The van der Waals surface area contributed by atoms with E-state index in [0.29, 0.717) is 22.7 Å². The Labute approximate surface area is 111 Å². The molecule has 0 spiro atoms. The number of hydrogen-bond acceptors (Lipinski definition) is 5. The van der Waals surface area contributed by atoms with Gasteiger partial charge in [0.25, 0.3) is 0 Å². The molecule has 0 amide bonds. The van der Waals surface area contributed by atoms with Gasteiger partial charge >= 0.3 is 0 Å². The van der Waals surface area contributed by atoms with Crippen LogP contribution in [0.5, 0.6) is 0 Å². The number of nitrogens with two attached hydrogens (primary N) is 1. The maximum Gasteiger partial charge on any atom is 0.223 e. The molecule has 1 aliphatic rings. The molecule has 3 N–H and O–H groups in total. The van der Waals surface area contributed by atoms with E-state index < -0.39 is 0 Å². The van der Waals surface area contributed by atoms with Crippen LogP contribution in [0, 0.1) is 6.92 Å². The summed E-state index contributed by atoms with van der Waals surface area (Å²) in [6.45, 7) is 1.92. The molecule has 0 bridgehead atoms. The summed E-state index contributed by atoms with van der Waals surface area (Å²) in [4.78, 5) is 9.01. The Morgan fingerprint density at radius 2 is 2.41 bits per heavy atom.